The van der Waals surface area contributed by atoms with Crippen LogP contribution in [0.5, 0.6) is 0 Å². The Hall–Kier alpha value is -1.88. The largest absolute Gasteiger partial charge is 0.347 e. The molecular formula is C16H23N3O2. The van der Waals surface area contributed by atoms with Gasteiger partial charge in [0.1, 0.15) is 0 Å². The first-order valence-electron chi connectivity index (χ1n) is 7.27. The van der Waals surface area contributed by atoms with E-state index >= 15 is 0 Å². The first-order chi connectivity index (χ1) is 9.83. The van der Waals surface area contributed by atoms with Crippen molar-refractivity contribution in [1.29, 1.82) is 0 Å². The number of carbonyl (C=O) groups excluding carboxylic acids is 2. The summed E-state index contributed by atoms with van der Waals surface area (Å²) in [6.07, 6.45) is 0.541. The summed E-state index contributed by atoms with van der Waals surface area (Å²) in [5.74, 6) is 0.358. The van der Waals surface area contributed by atoms with Gasteiger partial charge in [-0.15, -0.1) is 0 Å². The number of hydrogen-bond acceptors (Lipinski definition) is 3. The molecule has 2 rings (SSSR count). The lowest BCUT2D eigenvalue weighted by atomic mass is 9.99. The van der Waals surface area contributed by atoms with Gasteiger partial charge < -0.3 is 16.0 Å². The molecule has 0 atom stereocenters. The molecule has 0 saturated carbocycles. The Morgan fingerprint density at radius 1 is 1.19 bits per heavy atom. The summed E-state index contributed by atoms with van der Waals surface area (Å²) in [5.41, 5.74) is 1.05. The second-order valence-corrected chi connectivity index (χ2v) is 6.56. The van der Waals surface area contributed by atoms with E-state index in [1.165, 1.54) is 0 Å². The summed E-state index contributed by atoms with van der Waals surface area (Å²) in [6, 6.07) is 6.96. The van der Waals surface area contributed by atoms with Crippen molar-refractivity contribution in [1.82, 2.24) is 10.6 Å². The van der Waals surface area contributed by atoms with E-state index < -0.39 is 0 Å². The maximum Gasteiger partial charge on any atom is 0.251 e. The summed E-state index contributed by atoms with van der Waals surface area (Å²) < 4.78 is 0. The van der Waals surface area contributed by atoms with Crippen molar-refractivity contribution in [2.75, 3.05) is 18.4 Å². The van der Waals surface area contributed by atoms with Crippen molar-refractivity contribution in [3.05, 3.63) is 29.8 Å². The number of nitrogens with one attached hydrogen (secondary N) is 3. The topological polar surface area (TPSA) is 70.2 Å². The molecule has 5 heteroatoms. The number of hydrogen-bond donors (Lipinski definition) is 3. The Balaban J connectivity index is 1.89. The fourth-order valence-electron chi connectivity index (χ4n) is 2.08. The van der Waals surface area contributed by atoms with Crippen LogP contribution in [0.4, 0.5) is 5.69 Å². The van der Waals surface area contributed by atoms with Gasteiger partial charge in [-0.05, 0) is 64.0 Å². The van der Waals surface area contributed by atoms with Crippen LogP contribution in [-0.2, 0) is 4.79 Å². The molecule has 0 aliphatic carbocycles. The highest BCUT2D eigenvalue weighted by Crippen LogP contribution is 2.14. The Kier molecular flexibility index (Phi) is 4.63. The SMILES string of the molecule is CC(C)(C)NC(=O)c1ccc(NC(=O)CC2CNC2)cc1. The third-order valence-electron chi connectivity index (χ3n) is 3.26. The first kappa shape index (κ1) is 15.5. The molecule has 1 heterocycles. The van der Waals surface area contributed by atoms with E-state index in [1.54, 1.807) is 24.3 Å². The third kappa shape index (κ3) is 4.86. The molecule has 1 aromatic carbocycles. The van der Waals surface area contributed by atoms with E-state index in [9.17, 15) is 9.59 Å². The van der Waals surface area contributed by atoms with E-state index in [1.807, 2.05) is 20.8 Å². The number of rotatable bonds is 4. The van der Waals surface area contributed by atoms with Gasteiger partial charge in [-0.3, -0.25) is 9.59 Å². The number of amides is 2. The van der Waals surface area contributed by atoms with Crippen molar-refractivity contribution in [3.63, 3.8) is 0 Å². The third-order valence-corrected chi connectivity index (χ3v) is 3.26. The molecule has 1 fully saturated rings. The summed E-state index contributed by atoms with van der Waals surface area (Å²) >= 11 is 0. The zero-order valence-electron chi connectivity index (χ0n) is 12.8. The minimum absolute atomic E-state index is 0.0217. The molecule has 0 aromatic heterocycles. The molecule has 3 N–H and O–H groups in total. The zero-order valence-corrected chi connectivity index (χ0v) is 12.8. The predicted molar refractivity (Wildman–Crippen MR) is 83.3 cm³/mol. The van der Waals surface area contributed by atoms with E-state index in [0.29, 0.717) is 17.9 Å². The minimum atomic E-state index is -0.263. The highest BCUT2D eigenvalue weighted by molar-refractivity contribution is 5.96. The van der Waals surface area contributed by atoms with E-state index in [-0.39, 0.29) is 17.4 Å². The van der Waals surface area contributed by atoms with Crippen LogP contribution < -0.4 is 16.0 Å². The van der Waals surface area contributed by atoms with E-state index in [2.05, 4.69) is 16.0 Å². The summed E-state index contributed by atoms with van der Waals surface area (Å²) in [6.45, 7) is 7.65. The average Bonchev–Trinajstić information content (AvgIpc) is 2.32. The normalized spacial score (nSPS) is 15.2. The highest BCUT2D eigenvalue weighted by Gasteiger charge is 2.20. The van der Waals surface area contributed by atoms with Crippen molar-refractivity contribution < 1.29 is 9.59 Å². The van der Waals surface area contributed by atoms with Crippen LogP contribution >= 0.6 is 0 Å². The van der Waals surface area contributed by atoms with Crippen LogP contribution in [-0.4, -0.2) is 30.4 Å². The molecule has 1 saturated heterocycles. The van der Waals surface area contributed by atoms with Gasteiger partial charge in [0.05, 0.1) is 0 Å². The summed E-state index contributed by atoms with van der Waals surface area (Å²) in [4.78, 5) is 23.8. The van der Waals surface area contributed by atoms with Crippen molar-refractivity contribution >= 4 is 17.5 Å². The monoisotopic (exact) mass is 289 g/mol. The Bertz CT molecular complexity index is 513. The standard InChI is InChI=1S/C16H23N3O2/c1-16(2,3)19-15(21)12-4-6-13(7-5-12)18-14(20)8-11-9-17-10-11/h4-7,11,17H,8-10H2,1-3H3,(H,18,20)(H,19,21). The molecule has 0 spiro atoms. The number of benzene rings is 1. The van der Waals surface area contributed by atoms with Gasteiger partial charge in [-0.1, -0.05) is 0 Å². The van der Waals surface area contributed by atoms with E-state index in [0.717, 1.165) is 18.8 Å². The highest BCUT2D eigenvalue weighted by atomic mass is 16.2. The van der Waals surface area contributed by atoms with Crippen LogP contribution in [0.15, 0.2) is 24.3 Å². The molecule has 2 amide bonds. The van der Waals surface area contributed by atoms with Crippen molar-refractivity contribution in [2.24, 2.45) is 5.92 Å². The molecule has 114 valence electrons. The lowest BCUT2D eigenvalue weighted by Crippen LogP contribution is -2.43. The second-order valence-electron chi connectivity index (χ2n) is 6.56. The maximum atomic E-state index is 12.0. The van der Waals surface area contributed by atoms with Crippen LogP contribution in [0.2, 0.25) is 0 Å². The lowest BCUT2D eigenvalue weighted by molar-refractivity contribution is -0.117. The summed E-state index contributed by atoms with van der Waals surface area (Å²) in [7, 11) is 0. The van der Waals surface area contributed by atoms with Gasteiger partial charge in [-0.2, -0.15) is 0 Å². The fraction of sp³-hybridized carbons (Fsp3) is 0.500. The smallest absolute Gasteiger partial charge is 0.251 e. The first-order valence-corrected chi connectivity index (χ1v) is 7.27. The van der Waals surface area contributed by atoms with Crippen LogP contribution in [0.3, 0.4) is 0 Å². The molecule has 1 aromatic rings. The van der Waals surface area contributed by atoms with Gasteiger partial charge in [-0.25, -0.2) is 0 Å². The van der Waals surface area contributed by atoms with Gasteiger partial charge in [0.25, 0.3) is 5.91 Å². The van der Waals surface area contributed by atoms with Crippen LogP contribution in [0.25, 0.3) is 0 Å². The van der Waals surface area contributed by atoms with Gasteiger partial charge >= 0.3 is 0 Å². The van der Waals surface area contributed by atoms with Gasteiger partial charge in [0, 0.05) is 23.2 Å². The Morgan fingerprint density at radius 2 is 1.81 bits per heavy atom. The van der Waals surface area contributed by atoms with Crippen molar-refractivity contribution in [3.8, 4) is 0 Å². The molecule has 21 heavy (non-hydrogen) atoms. The molecule has 1 aliphatic rings. The summed E-state index contributed by atoms with van der Waals surface area (Å²) in [5, 5.41) is 8.91. The molecule has 0 bridgehead atoms. The van der Waals surface area contributed by atoms with E-state index in [4.69, 9.17) is 0 Å². The molecule has 0 radical (unpaired) electrons. The minimum Gasteiger partial charge on any atom is -0.347 e. The van der Waals surface area contributed by atoms with Crippen LogP contribution in [0, 0.1) is 5.92 Å². The Morgan fingerprint density at radius 3 is 2.29 bits per heavy atom. The Labute approximate surface area is 125 Å². The lowest BCUT2D eigenvalue weighted by Gasteiger charge is -2.26. The molecule has 5 nitrogen and oxygen atoms in total. The van der Waals surface area contributed by atoms with Crippen molar-refractivity contribution in [2.45, 2.75) is 32.7 Å². The molecule has 1 aliphatic heterocycles. The maximum absolute atomic E-state index is 12.0. The quantitative estimate of drug-likeness (QED) is 0.791. The molecule has 0 unspecified atom stereocenters. The average molecular weight is 289 g/mol. The zero-order chi connectivity index (χ0) is 15.5. The fourth-order valence-corrected chi connectivity index (χ4v) is 2.08. The second kappa shape index (κ2) is 6.26. The number of carbonyl (C=O) groups is 2. The van der Waals surface area contributed by atoms with Crippen LogP contribution in [0.1, 0.15) is 37.6 Å². The van der Waals surface area contributed by atoms with Gasteiger partial charge in [0.2, 0.25) is 5.91 Å². The number of anilines is 1. The molecular weight excluding hydrogens is 266 g/mol. The van der Waals surface area contributed by atoms with Gasteiger partial charge in [0.15, 0.2) is 0 Å². The predicted octanol–water partition coefficient (Wildman–Crippen LogP) is 1.76.